The van der Waals surface area contributed by atoms with Gasteiger partial charge in [-0.3, -0.25) is 0 Å². The van der Waals surface area contributed by atoms with Crippen LogP contribution in [-0.4, -0.2) is 4.98 Å². The number of aromatic nitrogens is 1. The largest absolute Gasteiger partial charge is 0.436 e. The predicted molar refractivity (Wildman–Crippen MR) is 104 cm³/mol. The molecule has 0 saturated heterocycles. The summed E-state index contributed by atoms with van der Waals surface area (Å²) in [6.07, 6.45) is 4.24. The maximum absolute atomic E-state index is 5.86. The van der Waals surface area contributed by atoms with Gasteiger partial charge in [-0.25, -0.2) is 4.98 Å². The van der Waals surface area contributed by atoms with Crippen LogP contribution in [0.3, 0.4) is 0 Å². The van der Waals surface area contributed by atoms with Gasteiger partial charge in [-0.2, -0.15) is 0 Å². The zero-order valence-electron chi connectivity index (χ0n) is 14.4. The minimum atomic E-state index is 0.662. The lowest BCUT2D eigenvalue weighted by Gasteiger charge is -1.98. The summed E-state index contributed by atoms with van der Waals surface area (Å²) in [4.78, 5) is 4.59. The second-order valence-electron chi connectivity index (χ2n) is 6.36. The summed E-state index contributed by atoms with van der Waals surface area (Å²) in [5.41, 5.74) is 7.52. The average molecular weight is 325 g/mol. The predicted octanol–water partition coefficient (Wildman–Crippen LogP) is 6.28. The van der Waals surface area contributed by atoms with Gasteiger partial charge in [0, 0.05) is 5.56 Å². The normalized spacial score (nSPS) is 11.4. The van der Waals surface area contributed by atoms with Crippen molar-refractivity contribution in [1.29, 1.82) is 0 Å². The second kappa shape index (κ2) is 6.40. The third-order valence-corrected chi connectivity index (χ3v) is 4.25. The zero-order valence-corrected chi connectivity index (χ0v) is 14.4. The number of nitrogens with zero attached hydrogens (tertiary/aromatic N) is 1. The Bertz CT molecular complexity index is 1040. The number of hydrogen-bond acceptors (Lipinski definition) is 2. The lowest BCUT2D eigenvalue weighted by atomic mass is 10.1. The molecule has 4 rings (SSSR count). The molecule has 0 aliphatic heterocycles. The van der Waals surface area contributed by atoms with Crippen LogP contribution in [0.15, 0.2) is 71.1 Å². The number of benzene rings is 3. The van der Waals surface area contributed by atoms with Crippen molar-refractivity contribution in [2.45, 2.75) is 13.8 Å². The van der Waals surface area contributed by atoms with Gasteiger partial charge in [0.25, 0.3) is 0 Å². The monoisotopic (exact) mass is 325 g/mol. The van der Waals surface area contributed by atoms with Crippen LogP contribution < -0.4 is 0 Å². The van der Waals surface area contributed by atoms with Gasteiger partial charge in [-0.05, 0) is 54.8 Å². The Hall–Kier alpha value is -3.13. The van der Waals surface area contributed by atoms with Crippen molar-refractivity contribution in [3.8, 4) is 11.5 Å². The first-order valence-corrected chi connectivity index (χ1v) is 8.40. The lowest BCUT2D eigenvalue weighted by Crippen LogP contribution is -1.79. The van der Waals surface area contributed by atoms with E-state index in [-0.39, 0.29) is 0 Å². The van der Waals surface area contributed by atoms with Crippen LogP contribution in [0.2, 0.25) is 0 Å². The Labute approximate surface area is 147 Å². The highest BCUT2D eigenvalue weighted by molar-refractivity contribution is 5.77. The minimum Gasteiger partial charge on any atom is -0.436 e. The minimum absolute atomic E-state index is 0.662. The summed E-state index contributed by atoms with van der Waals surface area (Å²) in [6, 6.07) is 22.8. The molecule has 0 atom stereocenters. The molecule has 0 unspecified atom stereocenters. The molecule has 0 bridgehead atoms. The lowest BCUT2D eigenvalue weighted by molar-refractivity contribution is 0.620. The standard InChI is InChI=1S/C23H19NO/c1-16-3-6-18(7-4-16)8-9-19-10-12-20(13-11-19)23-24-21-15-17(2)5-14-22(21)25-23/h3-15H,1-2H3. The number of hydrogen-bond donors (Lipinski definition) is 0. The number of aryl methyl sites for hydroxylation is 2. The molecule has 4 aromatic rings. The van der Waals surface area contributed by atoms with E-state index in [1.165, 1.54) is 16.7 Å². The van der Waals surface area contributed by atoms with Crippen molar-refractivity contribution in [2.75, 3.05) is 0 Å². The van der Waals surface area contributed by atoms with E-state index in [2.05, 4.69) is 67.4 Å². The van der Waals surface area contributed by atoms with Crippen molar-refractivity contribution in [3.05, 3.63) is 89.0 Å². The zero-order chi connectivity index (χ0) is 17.2. The molecule has 122 valence electrons. The van der Waals surface area contributed by atoms with Gasteiger partial charge in [0.1, 0.15) is 5.52 Å². The van der Waals surface area contributed by atoms with E-state index in [9.17, 15) is 0 Å². The van der Waals surface area contributed by atoms with E-state index in [0.29, 0.717) is 5.89 Å². The first kappa shape index (κ1) is 15.4. The Morgan fingerprint density at radius 3 is 2.00 bits per heavy atom. The van der Waals surface area contributed by atoms with Gasteiger partial charge in [0.2, 0.25) is 5.89 Å². The van der Waals surface area contributed by atoms with Crippen LogP contribution in [0, 0.1) is 13.8 Å². The Morgan fingerprint density at radius 1 is 0.720 bits per heavy atom. The van der Waals surface area contributed by atoms with Gasteiger partial charge < -0.3 is 4.42 Å². The highest BCUT2D eigenvalue weighted by Gasteiger charge is 2.07. The summed E-state index contributed by atoms with van der Waals surface area (Å²) in [6.45, 7) is 4.16. The van der Waals surface area contributed by atoms with Gasteiger partial charge >= 0.3 is 0 Å². The van der Waals surface area contributed by atoms with E-state index in [0.717, 1.165) is 22.2 Å². The smallest absolute Gasteiger partial charge is 0.227 e. The summed E-state index contributed by atoms with van der Waals surface area (Å²) in [5, 5.41) is 0. The molecule has 25 heavy (non-hydrogen) atoms. The van der Waals surface area contributed by atoms with E-state index in [4.69, 9.17) is 4.42 Å². The van der Waals surface area contributed by atoms with Crippen molar-refractivity contribution < 1.29 is 4.42 Å². The van der Waals surface area contributed by atoms with E-state index >= 15 is 0 Å². The van der Waals surface area contributed by atoms with Crippen LogP contribution in [-0.2, 0) is 0 Å². The molecular weight excluding hydrogens is 306 g/mol. The molecule has 0 aliphatic rings. The molecule has 0 N–H and O–H groups in total. The fraction of sp³-hybridized carbons (Fsp3) is 0.0870. The third kappa shape index (κ3) is 3.38. The number of fused-ring (bicyclic) bond motifs is 1. The molecule has 0 saturated carbocycles. The van der Waals surface area contributed by atoms with Crippen molar-refractivity contribution in [2.24, 2.45) is 0 Å². The van der Waals surface area contributed by atoms with Crippen molar-refractivity contribution >= 4 is 23.3 Å². The van der Waals surface area contributed by atoms with Gasteiger partial charge in [-0.1, -0.05) is 60.2 Å². The molecule has 1 aromatic heterocycles. The highest BCUT2D eigenvalue weighted by atomic mass is 16.3. The topological polar surface area (TPSA) is 26.0 Å². The van der Waals surface area contributed by atoms with E-state index in [1.54, 1.807) is 0 Å². The summed E-state index contributed by atoms with van der Waals surface area (Å²) >= 11 is 0. The molecule has 0 aliphatic carbocycles. The van der Waals surface area contributed by atoms with Crippen molar-refractivity contribution in [1.82, 2.24) is 4.98 Å². The van der Waals surface area contributed by atoms with Crippen LogP contribution in [0.1, 0.15) is 22.3 Å². The molecule has 2 heteroatoms. The quantitative estimate of drug-likeness (QED) is 0.414. The van der Waals surface area contributed by atoms with E-state index in [1.807, 2.05) is 30.3 Å². The Morgan fingerprint density at radius 2 is 1.32 bits per heavy atom. The maximum Gasteiger partial charge on any atom is 0.227 e. The Balaban J connectivity index is 1.57. The molecule has 0 fully saturated rings. The summed E-state index contributed by atoms with van der Waals surface area (Å²) < 4.78 is 5.86. The SMILES string of the molecule is Cc1ccc(C=Cc2ccc(-c3nc4cc(C)ccc4o3)cc2)cc1. The molecule has 2 nitrogen and oxygen atoms in total. The highest BCUT2D eigenvalue weighted by Crippen LogP contribution is 2.25. The molecule has 3 aromatic carbocycles. The summed E-state index contributed by atoms with van der Waals surface area (Å²) in [7, 11) is 0. The number of oxazole rings is 1. The first-order valence-electron chi connectivity index (χ1n) is 8.40. The van der Waals surface area contributed by atoms with Crippen LogP contribution in [0.25, 0.3) is 34.7 Å². The fourth-order valence-corrected chi connectivity index (χ4v) is 2.77. The number of rotatable bonds is 3. The molecule has 1 heterocycles. The fourth-order valence-electron chi connectivity index (χ4n) is 2.77. The molecule has 0 spiro atoms. The molecule has 0 radical (unpaired) electrons. The Kier molecular flexibility index (Phi) is 3.95. The average Bonchev–Trinajstić information content (AvgIpc) is 3.05. The van der Waals surface area contributed by atoms with Gasteiger partial charge in [-0.15, -0.1) is 0 Å². The van der Waals surface area contributed by atoms with Crippen LogP contribution >= 0.6 is 0 Å². The molecule has 0 amide bonds. The molecular formula is C23H19NO. The summed E-state index contributed by atoms with van der Waals surface area (Å²) in [5.74, 6) is 0.662. The van der Waals surface area contributed by atoms with Crippen LogP contribution in [0.4, 0.5) is 0 Å². The van der Waals surface area contributed by atoms with Gasteiger partial charge in [0.15, 0.2) is 5.58 Å². The maximum atomic E-state index is 5.86. The van der Waals surface area contributed by atoms with Crippen LogP contribution in [0.5, 0.6) is 0 Å². The van der Waals surface area contributed by atoms with Crippen molar-refractivity contribution in [3.63, 3.8) is 0 Å². The van der Waals surface area contributed by atoms with E-state index < -0.39 is 0 Å². The second-order valence-corrected chi connectivity index (χ2v) is 6.36. The first-order chi connectivity index (χ1) is 12.2. The van der Waals surface area contributed by atoms with Gasteiger partial charge in [0.05, 0.1) is 0 Å². The third-order valence-electron chi connectivity index (χ3n) is 4.25.